The number of amides is 1. The number of pyridine rings is 1. The molecule has 1 rings (SSSR count). The first-order valence-electron chi connectivity index (χ1n) is 4.23. The van der Waals surface area contributed by atoms with Crippen molar-refractivity contribution in [3.05, 3.63) is 22.3 Å². The van der Waals surface area contributed by atoms with Gasteiger partial charge in [-0.25, -0.2) is 4.98 Å². The average Bonchev–Trinajstić information content (AvgIpc) is 2.19. The van der Waals surface area contributed by atoms with Crippen LogP contribution in [0.4, 0.5) is 5.82 Å². The highest BCUT2D eigenvalue weighted by atomic mass is 79.9. The summed E-state index contributed by atoms with van der Waals surface area (Å²) in [6.45, 7) is 0. The first-order chi connectivity index (χ1) is 6.93. The van der Waals surface area contributed by atoms with E-state index in [1.54, 1.807) is 20.2 Å². The molecular formula is C9H12BrN3O2. The summed E-state index contributed by atoms with van der Waals surface area (Å²) in [6.07, 6.45) is 0.232. The molecule has 0 fully saturated rings. The Kier molecular flexibility index (Phi) is 3.65. The minimum Gasteiger partial charge on any atom is -0.383 e. The van der Waals surface area contributed by atoms with Crippen molar-refractivity contribution in [2.45, 2.75) is 6.10 Å². The summed E-state index contributed by atoms with van der Waals surface area (Å²) in [6, 6.07) is 1.58. The van der Waals surface area contributed by atoms with Crippen molar-refractivity contribution >= 4 is 27.7 Å². The molecule has 0 aliphatic rings. The number of nitrogens with two attached hydrogens (primary N) is 1. The van der Waals surface area contributed by atoms with Crippen LogP contribution in [0.3, 0.4) is 0 Å². The first kappa shape index (κ1) is 11.9. The maximum absolute atomic E-state index is 11.5. The Bertz CT molecular complexity index is 382. The summed E-state index contributed by atoms with van der Waals surface area (Å²) in [5, 5.41) is 9.73. The molecule has 0 spiro atoms. The first-order valence-corrected chi connectivity index (χ1v) is 5.03. The highest BCUT2D eigenvalue weighted by Gasteiger charge is 2.22. The second-order valence-corrected chi connectivity index (χ2v) is 4.18. The maximum atomic E-state index is 11.5. The van der Waals surface area contributed by atoms with Gasteiger partial charge < -0.3 is 15.7 Å². The smallest absolute Gasteiger partial charge is 0.255 e. The molecule has 82 valence electrons. The number of aliphatic hydroxyl groups is 1. The van der Waals surface area contributed by atoms with Crippen LogP contribution in [0.1, 0.15) is 11.7 Å². The molecule has 0 bridgehead atoms. The SMILES string of the molecule is CN(C)C(=O)C(O)c1cc(Br)cnc1N. The van der Waals surface area contributed by atoms with Crippen LogP contribution in [0.25, 0.3) is 0 Å². The quantitative estimate of drug-likeness (QED) is 0.825. The average molecular weight is 274 g/mol. The number of anilines is 1. The molecule has 3 N–H and O–H groups in total. The van der Waals surface area contributed by atoms with E-state index in [1.165, 1.54) is 11.1 Å². The molecule has 0 aliphatic heterocycles. The Balaban J connectivity index is 3.05. The van der Waals surface area contributed by atoms with Crippen LogP contribution >= 0.6 is 15.9 Å². The summed E-state index contributed by atoms with van der Waals surface area (Å²) in [4.78, 5) is 16.6. The molecular weight excluding hydrogens is 262 g/mol. The monoisotopic (exact) mass is 273 g/mol. The number of nitrogen functional groups attached to an aromatic ring is 1. The fourth-order valence-electron chi connectivity index (χ4n) is 1.06. The van der Waals surface area contributed by atoms with E-state index < -0.39 is 12.0 Å². The normalized spacial score (nSPS) is 12.3. The van der Waals surface area contributed by atoms with Crippen molar-refractivity contribution in [2.24, 2.45) is 0 Å². The Morgan fingerprint density at radius 2 is 2.27 bits per heavy atom. The maximum Gasteiger partial charge on any atom is 0.255 e. The largest absolute Gasteiger partial charge is 0.383 e. The third kappa shape index (κ3) is 2.66. The van der Waals surface area contributed by atoms with Gasteiger partial charge in [0.25, 0.3) is 5.91 Å². The van der Waals surface area contributed by atoms with Crippen LogP contribution in [-0.2, 0) is 4.79 Å². The number of likely N-dealkylation sites (N-methyl/N-ethyl adjacent to an activating group) is 1. The van der Waals surface area contributed by atoms with Gasteiger partial charge in [-0.3, -0.25) is 4.79 Å². The van der Waals surface area contributed by atoms with Crippen LogP contribution < -0.4 is 5.73 Å². The zero-order valence-corrected chi connectivity index (χ0v) is 10.0. The fraction of sp³-hybridized carbons (Fsp3) is 0.333. The van der Waals surface area contributed by atoms with Crippen LogP contribution in [0, 0.1) is 0 Å². The van der Waals surface area contributed by atoms with Crippen molar-refractivity contribution < 1.29 is 9.90 Å². The van der Waals surface area contributed by atoms with Crippen LogP contribution in [0.15, 0.2) is 16.7 Å². The van der Waals surface area contributed by atoms with E-state index in [0.29, 0.717) is 10.0 Å². The lowest BCUT2D eigenvalue weighted by Crippen LogP contribution is -2.28. The van der Waals surface area contributed by atoms with E-state index in [2.05, 4.69) is 20.9 Å². The molecule has 1 atom stereocenters. The molecule has 0 saturated carbocycles. The Hall–Kier alpha value is -1.14. The van der Waals surface area contributed by atoms with Crippen LogP contribution in [0.5, 0.6) is 0 Å². The molecule has 0 aromatic carbocycles. The second kappa shape index (κ2) is 4.59. The zero-order valence-electron chi connectivity index (χ0n) is 8.44. The van der Waals surface area contributed by atoms with Gasteiger partial charge in [-0.05, 0) is 22.0 Å². The number of aromatic nitrogens is 1. The van der Waals surface area contributed by atoms with Gasteiger partial charge in [0, 0.05) is 30.3 Å². The van der Waals surface area contributed by atoms with E-state index in [-0.39, 0.29) is 5.82 Å². The molecule has 1 unspecified atom stereocenters. The Morgan fingerprint density at radius 3 is 2.80 bits per heavy atom. The molecule has 0 aliphatic carbocycles. The summed E-state index contributed by atoms with van der Waals surface area (Å²) in [7, 11) is 3.13. The van der Waals surface area contributed by atoms with Crippen molar-refractivity contribution in [2.75, 3.05) is 19.8 Å². The summed E-state index contributed by atoms with van der Waals surface area (Å²) in [5.41, 5.74) is 5.87. The number of halogens is 1. The Labute approximate surface area is 96.0 Å². The highest BCUT2D eigenvalue weighted by Crippen LogP contribution is 2.23. The third-order valence-electron chi connectivity index (χ3n) is 1.89. The molecule has 1 aromatic heterocycles. The van der Waals surface area contributed by atoms with Gasteiger partial charge in [-0.15, -0.1) is 0 Å². The van der Waals surface area contributed by atoms with E-state index >= 15 is 0 Å². The van der Waals surface area contributed by atoms with E-state index in [0.717, 1.165) is 0 Å². The van der Waals surface area contributed by atoms with Gasteiger partial charge in [0.1, 0.15) is 5.82 Å². The van der Waals surface area contributed by atoms with Crippen molar-refractivity contribution in [1.82, 2.24) is 9.88 Å². The van der Waals surface area contributed by atoms with Crippen molar-refractivity contribution in [1.29, 1.82) is 0 Å². The standard InChI is InChI=1S/C9H12BrN3O2/c1-13(2)9(15)7(14)6-3-5(10)4-12-8(6)11/h3-4,7,14H,1-2H3,(H2,11,12). The van der Waals surface area contributed by atoms with E-state index in [1.807, 2.05) is 0 Å². The zero-order chi connectivity index (χ0) is 11.6. The number of carbonyl (C=O) groups is 1. The van der Waals surface area contributed by atoms with Gasteiger partial charge in [0.2, 0.25) is 0 Å². The lowest BCUT2D eigenvalue weighted by Gasteiger charge is -2.17. The lowest BCUT2D eigenvalue weighted by atomic mass is 10.1. The van der Waals surface area contributed by atoms with Gasteiger partial charge in [0.15, 0.2) is 6.10 Å². The fourth-order valence-corrected chi connectivity index (χ4v) is 1.41. The molecule has 15 heavy (non-hydrogen) atoms. The van der Waals surface area contributed by atoms with Crippen LogP contribution in [-0.4, -0.2) is 35.0 Å². The van der Waals surface area contributed by atoms with Gasteiger partial charge in [-0.2, -0.15) is 0 Å². The van der Waals surface area contributed by atoms with E-state index in [9.17, 15) is 9.90 Å². The Morgan fingerprint density at radius 1 is 1.67 bits per heavy atom. The number of nitrogens with zero attached hydrogens (tertiary/aromatic N) is 2. The number of carbonyl (C=O) groups excluding carboxylic acids is 1. The van der Waals surface area contributed by atoms with Gasteiger partial charge >= 0.3 is 0 Å². The number of hydrogen-bond acceptors (Lipinski definition) is 4. The number of hydrogen-bond donors (Lipinski definition) is 2. The predicted octanol–water partition coefficient (Wildman–Crippen LogP) is 0.548. The molecule has 1 heterocycles. The molecule has 6 heteroatoms. The minimum atomic E-state index is -1.27. The molecule has 1 amide bonds. The highest BCUT2D eigenvalue weighted by molar-refractivity contribution is 9.10. The van der Waals surface area contributed by atoms with Crippen molar-refractivity contribution in [3.8, 4) is 0 Å². The van der Waals surface area contributed by atoms with E-state index in [4.69, 9.17) is 5.73 Å². The summed E-state index contributed by atoms with van der Waals surface area (Å²) >= 11 is 3.20. The molecule has 5 nitrogen and oxygen atoms in total. The molecule has 0 saturated heterocycles. The van der Waals surface area contributed by atoms with Gasteiger partial charge in [0.05, 0.1) is 0 Å². The summed E-state index contributed by atoms with van der Waals surface area (Å²) < 4.78 is 0.664. The minimum absolute atomic E-state index is 0.154. The molecule has 1 aromatic rings. The number of aliphatic hydroxyl groups excluding tert-OH is 1. The third-order valence-corrected chi connectivity index (χ3v) is 2.32. The lowest BCUT2D eigenvalue weighted by molar-refractivity contribution is -0.137. The topological polar surface area (TPSA) is 79.5 Å². The molecule has 0 radical (unpaired) electrons. The van der Waals surface area contributed by atoms with Crippen LogP contribution in [0.2, 0.25) is 0 Å². The summed E-state index contributed by atoms with van der Waals surface area (Å²) in [5.74, 6) is -0.275. The number of rotatable bonds is 2. The van der Waals surface area contributed by atoms with Crippen molar-refractivity contribution in [3.63, 3.8) is 0 Å². The van der Waals surface area contributed by atoms with Gasteiger partial charge in [-0.1, -0.05) is 0 Å². The predicted molar refractivity (Wildman–Crippen MR) is 60.0 cm³/mol. The second-order valence-electron chi connectivity index (χ2n) is 3.26.